The minimum Gasteiger partial charge on any atom is -0.493 e. The topological polar surface area (TPSA) is 65.5 Å². The van der Waals surface area contributed by atoms with E-state index in [4.69, 9.17) is 9.47 Å². The highest BCUT2D eigenvalue weighted by molar-refractivity contribution is 7.92. The average Bonchev–Trinajstić information content (AvgIpc) is 3.54. The highest BCUT2D eigenvalue weighted by Crippen LogP contribution is 2.33. The van der Waals surface area contributed by atoms with Gasteiger partial charge in [0.1, 0.15) is 11.6 Å². The van der Waals surface area contributed by atoms with Gasteiger partial charge in [-0.3, -0.25) is 4.98 Å². The van der Waals surface area contributed by atoms with E-state index in [1.165, 1.54) is 12.3 Å². The van der Waals surface area contributed by atoms with Crippen molar-refractivity contribution in [2.75, 3.05) is 25.6 Å². The predicted octanol–water partition coefficient (Wildman–Crippen LogP) is 3.80. The van der Waals surface area contributed by atoms with E-state index in [0.717, 1.165) is 36.1 Å². The number of hydrogen-bond acceptors (Lipinski definition) is 5. The van der Waals surface area contributed by atoms with E-state index in [2.05, 4.69) is 4.98 Å². The number of nitrogens with zero attached hydrogens (tertiary/aromatic N) is 1. The van der Waals surface area contributed by atoms with Gasteiger partial charge >= 0.3 is 0 Å². The molecule has 1 saturated carbocycles. The zero-order valence-corrected chi connectivity index (χ0v) is 17.3. The number of aryl methyl sites for hydroxylation is 1. The van der Waals surface area contributed by atoms with E-state index in [9.17, 15) is 12.8 Å². The largest absolute Gasteiger partial charge is 0.493 e. The molecule has 0 spiro atoms. The molecule has 5 nitrogen and oxygen atoms in total. The molecule has 2 fully saturated rings. The van der Waals surface area contributed by atoms with Crippen LogP contribution in [0.25, 0.3) is 11.3 Å². The summed E-state index contributed by atoms with van der Waals surface area (Å²) in [6, 6.07) is 8.81. The van der Waals surface area contributed by atoms with Crippen LogP contribution in [0.4, 0.5) is 4.39 Å². The van der Waals surface area contributed by atoms with E-state index >= 15 is 0 Å². The second-order valence-corrected chi connectivity index (χ2v) is 10.4. The van der Waals surface area contributed by atoms with Crippen molar-refractivity contribution in [3.8, 4) is 17.0 Å². The maximum atomic E-state index is 13.1. The van der Waals surface area contributed by atoms with Gasteiger partial charge in [0, 0.05) is 24.0 Å². The normalized spacial score (nSPS) is 22.4. The van der Waals surface area contributed by atoms with Crippen molar-refractivity contribution in [1.29, 1.82) is 0 Å². The molecule has 1 aromatic heterocycles. The van der Waals surface area contributed by atoms with E-state index < -0.39 is 9.84 Å². The third-order valence-electron chi connectivity index (χ3n) is 5.76. The maximum Gasteiger partial charge on any atom is 0.153 e. The molecule has 4 rings (SSSR count). The molecule has 2 atom stereocenters. The SMILES string of the molecule is Cc1cc(-c2ccc(F)cn2)ccc1OC[C@H]1CCOC[C@@H]1CS(=O)(=O)C1CC1. The molecule has 7 heteroatoms. The fourth-order valence-electron chi connectivity index (χ4n) is 3.82. The molecule has 0 radical (unpaired) electrons. The zero-order valence-electron chi connectivity index (χ0n) is 16.5. The van der Waals surface area contributed by atoms with Gasteiger partial charge in [-0.2, -0.15) is 0 Å². The van der Waals surface area contributed by atoms with E-state index in [-0.39, 0.29) is 28.7 Å². The summed E-state index contributed by atoms with van der Waals surface area (Å²) >= 11 is 0. The third-order valence-corrected chi connectivity index (χ3v) is 8.14. The van der Waals surface area contributed by atoms with Crippen molar-refractivity contribution >= 4 is 9.84 Å². The van der Waals surface area contributed by atoms with Crippen LogP contribution in [0.1, 0.15) is 24.8 Å². The lowest BCUT2D eigenvalue weighted by atomic mass is 9.90. The van der Waals surface area contributed by atoms with Crippen LogP contribution in [0.2, 0.25) is 0 Å². The summed E-state index contributed by atoms with van der Waals surface area (Å²) in [7, 11) is -3.02. The fourth-order valence-corrected chi connectivity index (χ4v) is 5.91. The van der Waals surface area contributed by atoms with Gasteiger partial charge in [-0.05, 0) is 62.1 Å². The molecule has 0 bridgehead atoms. The fraction of sp³-hybridized carbons (Fsp3) is 0.500. The van der Waals surface area contributed by atoms with Crippen LogP contribution in [0.15, 0.2) is 36.5 Å². The highest BCUT2D eigenvalue weighted by Gasteiger charge is 2.39. The third kappa shape index (κ3) is 4.95. The van der Waals surface area contributed by atoms with Crippen molar-refractivity contribution < 1.29 is 22.3 Å². The summed E-state index contributed by atoms with van der Waals surface area (Å²) in [5, 5.41) is -0.138. The number of ether oxygens (including phenoxy) is 2. The van der Waals surface area contributed by atoms with Gasteiger partial charge in [-0.25, -0.2) is 12.8 Å². The zero-order chi connectivity index (χ0) is 20.4. The number of rotatable bonds is 7. The lowest BCUT2D eigenvalue weighted by Gasteiger charge is -2.31. The summed E-state index contributed by atoms with van der Waals surface area (Å²) in [6.45, 7) is 3.56. The summed E-state index contributed by atoms with van der Waals surface area (Å²) in [5.74, 6) is 0.749. The Labute approximate surface area is 171 Å². The van der Waals surface area contributed by atoms with Crippen LogP contribution in [0.5, 0.6) is 5.75 Å². The quantitative estimate of drug-likeness (QED) is 0.683. The van der Waals surface area contributed by atoms with Crippen LogP contribution in [0.3, 0.4) is 0 Å². The maximum absolute atomic E-state index is 13.1. The van der Waals surface area contributed by atoms with Crippen molar-refractivity contribution in [3.63, 3.8) is 0 Å². The lowest BCUT2D eigenvalue weighted by molar-refractivity contribution is 0.00932. The summed E-state index contributed by atoms with van der Waals surface area (Å²) in [4.78, 5) is 4.12. The molecule has 1 aliphatic carbocycles. The molecule has 2 heterocycles. The minimum atomic E-state index is -3.02. The molecule has 2 aliphatic rings. The summed E-state index contributed by atoms with van der Waals surface area (Å²) in [5.41, 5.74) is 2.56. The molecule has 0 unspecified atom stereocenters. The molecule has 1 aromatic carbocycles. The summed E-state index contributed by atoms with van der Waals surface area (Å²) in [6.07, 6.45) is 3.61. The van der Waals surface area contributed by atoms with E-state index in [1.54, 1.807) is 6.07 Å². The first-order valence-electron chi connectivity index (χ1n) is 10.1. The van der Waals surface area contributed by atoms with E-state index in [0.29, 0.717) is 25.5 Å². The van der Waals surface area contributed by atoms with Gasteiger partial charge in [-0.15, -0.1) is 0 Å². The van der Waals surface area contributed by atoms with Crippen LogP contribution < -0.4 is 4.74 Å². The first-order valence-corrected chi connectivity index (χ1v) is 11.8. The Morgan fingerprint density at radius 2 is 2.00 bits per heavy atom. The van der Waals surface area contributed by atoms with Gasteiger partial charge in [-0.1, -0.05) is 0 Å². The van der Waals surface area contributed by atoms with Crippen molar-refractivity contribution in [3.05, 3.63) is 47.9 Å². The van der Waals surface area contributed by atoms with Gasteiger partial charge in [0.05, 0.1) is 36.1 Å². The molecule has 1 saturated heterocycles. The van der Waals surface area contributed by atoms with Crippen LogP contribution in [0, 0.1) is 24.6 Å². The lowest BCUT2D eigenvalue weighted by Crippen LogP contribution is -2.37. The Bertz CT molecular complexity index is 957. The molecule has 2 aromatic rings. The monoisotopic (exact) mass is 419 g/mol. The Morgan fingerprint density at radius 1 is 1.17 bits per heavy atom. The molecule has 156 valence electrons. The van der Waals surface area contributed by atoms with Crippen LogP contribution >= 0.6 is 0 Å². The van der Waals surface area contributed by atoms with Crippen LogP contribution in [-0.4, -0.2) is 44.2 Å². The standard InChI is InChI=1S/C22H26FNO4S/c1-15-10-16(21-6-3-19(23)11-24-21)2-7-22(15)28-13-17-8-9-27-12-18(17)14-29(25,26)20-4-5-20/h2-3,6-7,10-11,17-18,20H,4-5,8-9,12-14H2,1H3/t17-,18-/m1/s1. The predicted molar refractivity (Wildman–Crippen MR) is 109 cm³/mol. The van der Waals surface area contributed by atoms with Gasteiger partial charge in [0.25, 0.3) is 0 Å². The molecule has 0 N–H and O–H groups in total. The Morgan fingerprint density at radius 3 is 2.69 bits per heavy atom. The van der Waals surface area contributed by atoms with Crippen LogP contribution in [-0.2, 0) is 14.6 Å². The molecular weight excluding hydrogens is 393 g/mol. The number of benzene rings is 1. The van der Waals surface area contributed by atoms with Gasteiger partial charge in [0.2, 0.25) is 0 Å². The molecule has 1 aliphatic heterocycles. The number of sulfone groups is 1. The second kappa shape index (κ2) is 8.40. The molecule has 0 amide bonds. The molecule has 29 heavy (non-hydrogen) atoms. The van der Waals surface area contributed by atoms with Crippen molar-refractivity contribution in [1.82, 2.24) is 4.98 Å². The van der Waals surface area contributed by atoms with Crippen molar-refractivity contribution in [2.45, 2.75) is 31.4 Å². The number of halogens is 1. The molecular formula is C22H26FNO4S. The summed E-state index contributed by atoms with van der Waals surface area (Å²) < 4.78 is 49.5. The first kappa shape index (κ1) is 20.3. The first-order chi connectivity index (χ1) is 13.9. The minimum absolute atomic E-state index is 0.0163. The second-order valence-electron chi connectivity index (χ2n) is 8.07. The number of aromatic nitrogens is 1. The van der Waals surface area contributed by atoms with E-state index in [1.807, 2.05) is 25.1 Å². The number of pyridine rings is 1. The van der Waals surface area contributed by atoms with Gasteiger partial charge in [0.15, 0.2) is 9.84 Å². The Hall–Kier alpha value is -1.99. The number of hydrogen-bond donors (Lipinski definition) is 0. The highest BCUT2D eigenvalue weighted by atomic mass is 32.2. The Kier molecular flexibility index (Phi) is 5.88. The van der Waals surface area contributed by atoms with Gasteiger partial charge < -0.3 is 9.47 Å². The smallest absolute Gasteiger partial charge is 0.153 e. The average molecular weight is 420 g/mol. The van der Waals surface area contributed by atoms with Crippen molar-refractivity contribution in [2.24, 2.45) is 11.8 Å². The Balaban J connectivity index is 1.41.